The SMILES string of the molecule is Cc1cccc(C)c1NC(=O)CN(C)C(=O)c1cc(C)n(-c2cccnc2)c1C. The van der Waals surface area contributed by atoms with Crippen LogP contribution in [0.2, 0.25) is 0 Å². The number of aryl methyl sites for hydroxylation is 3. The van der Waals surface area contributed by atoms with Crippen LogP contribution in [0.3, 0.4) is 0 Å². The van der Waals surface area contributed by atoms with Gasteiger partial charge in [-0.3, -0.25) is 14.6 Å². The molecule has 0 aliphatic heterocycles. The molecular formula is C23H26N4O2. The van der Waals surface area contributed by atoms with Crippen LogP contribution < -0.4 is 5.32 Å². The Morgan fingerprint density at radius 3 is 2.38 bits per heavy atom. The zero-order chi connectivity index (χ0) is 21.1. The molecule has 2 amide bonds. The van der Waals surface area contributed by atoms with Gasteiger partial charge in [-0.15, -0.1) is 0 Å². The van der Waals surface area contributed by atoms with E-state index in [1.807, 2.05) is 68.7 Å². The molecule has 6 heteroatoms. The maximum absolute atomic E-state index is 13.0. The van der Waals surface area contributed by atoms with Crippen LogP contribution in [0.4, 0.5) is 5.69 Å². The molecule has 0 bridgehead atoms. The first-order chi connectivity index (χ1) is 13.8. The Bertz CT molecular complexity index is 1030. The van der Waals surface area contributed by atoms with Crippen molar-refractivity contribution in [2.24, 2.45) is 0 Å². The molecule has 2 heterocycles. The van der Waals surface area contributed by atoms with Crippen LogP contribution in [0.1, 0.15) is 32.9 Å². The van der Waals surface area contributed by atoms with Crippen molar-refractivity contribution < 1.29 is 9.59 Å². The van der Waals surface area contributed by atoms with E-state index in [0.717, 1.165) is 33.9 Å². The minimum absolute atomic E-state index is 0.0246. The van der Waals surface area contributed by atoms with E-state index in [1.165, 1.54) is 4.90 Å². The summed E-state index contributed by atoms with van der Waals surface area (Å²) in [5.74, 6) is -0.413. The molecule has 1 aromatic carbocycles. The number of likely N-dealkylation sites (N-methyl/N-ethyl adjacent to an activating group) is 1. The summed E-state index contributed by atoms with van der Waals surface area (Å²) in [6.07, 6.45) is 3.47. The van der Waals surface area contributed by atoms with Gasteiger partial charge < -0.3 is 14.8 Å². The van der Waals surface area contributed by atoms with Gasteiger partial charge in [0.05, 0.1) is 24.0 Å². The lowest BCUT2D eigenvalue weighted by Crippen LogP contribution is -2.35. The molecule has 0 aliphatic rings. The summed E-state index contributed by atoms with van der Waals surface area (Å²) >= 11 is 0. The molecule has 150 valence electrons. The second-order valence-electron chi connectivity index (χ2n) is 7.31. The van der Waals surface area contributed by atoms with E-state index < -0.39 is 0 Å². The highest BCUT2D eigenvalue weighted by Crippen LogP contribution is 2.22. The number of amides is 2. The third-order valence-electron chi connectivity index (χ3n) is 5.04. The maximum atomic E-state index is 13.0. The maximum Gasteiger partial charge on any atom is 0.255 e. The van der Waals surface area contributed by atoms with Gasteiger partial charge in [-0.05, 0) is 57.0 Å². The van der Waals surface area contributed by atoms with Gasteiger partial charge >= 0.3 is 0 Å². The number of hydrogen-bond acceptors (Lipinski definition) is 3. The minimum Gasteiger partial charge on any atom is -0.332 e. The number of carbonyl (C=O) groups is 2. The van der Waals surface area contributed by atoms with E-state index >= 15 is 0 Å². The molecule has 3 aromatic rings. The van der Waals surface area contributed by atoms with Gasteiger partial charge in [0, 0.05) is 30.3 Å². The highest BCUT2D eigenvalue weighted by Gasteiger charge is 2.21. The molecule has 0 atom stereocenters. The summed E-state index contributed by atoms with van der Waals surface area (Å²) in [4.78, 5) is 31.1. The van der Waals surface area contributed by atoms with Crippen LogP contribution >= 0.6 is 0 Å². The molecule has 29 heavy (non-hydrogen) atoms. The van der Waals surface area contributed by atoms with Crippen molar-refractivity contribution in [1.29, 1.82) is 0 Å². The Morgan fingerprint density at radius 2 is 1.76 bits per heavy atom. The number of anilines is 1. The van der Waals surface area contributed by atoms with Crippen LogP contribution in [0.15, 0.2) is 48.8 Å². The van der Waals surface area contributed by atoms with Gasteiger partial charge in [0.1, 0.15) is 0 Å². The summed E-state index contributed by atoms with van der Waals surface area (Å²) in [7, 11) is 1.64. The van der Waals surface area contributed by atoms with E-state index in [0.29, 0.717) is 5.56 Å². The summed E-state index contributed by atoms with van der Waals surface area (Å²) in [6.45, 7) is 7.72. The first kappa shape index (κ1) is 20.3. The molecule has 0 saturated heterocycles. The first-order valence-electron chi connectivity index (χ1n) is 9.50. The second kappa shape index (κ2) is 8.31. The lowest BCUT2D eigenvalue weighted by Gasteiger charge is -2.18. The van der Waals surface area contributed by atoms with Crippen molar-refractivity contribution in [3.8, 4) is 5.69 Å². The molecule has 1 N–H and O–H groups in total. The van der Waals surface area contributed by atoms with E-state index in [4.69, 9.17) is 0 Å². The number of aromatic nitrogens is 2. The Kier molecular flexibility index (Phi) is 5.82. The van der Waals surface area contributed by atoms with E-state index in [-0.39, 0.29) is 18.4 Å². The average Bonchev–Trinajstić information content (AvgIpc) is 2.99. The number of carbonyl (C=O) groups excluding carboxylic acids is 2. The minimum atomic E-state index is -0.223. The monoisotopic (exact) mass is 390 g/mol. The van der Waals surface area contributed by atoms with Gasteiger partial charge in [0.2, 0.25) is 5.91 Å². The molecular weight excluding hydrogens is 364 g/mol. The largest absolute Gasteiger partial charge is 0.332 e. The lowest BCUT2D eigenvalue weighted by molar-refractivity contribution is -0.116. The smallest absolute Gasteiger partial charge is 0.255 e. The number of pyridine rings is 1. The number of hydrogen-bond donors (Lipinski definition) is 1. The Labute approximate surface area is 171 Å². The topological polar surface area (TPSA) is 67.2 Å². The van der Waals surface area contributed by atoms with E-state index in [2.05, 4.69) is 10.3 Å². The number of nitrogens with one attached hydrogen (secondary N) is 1. The van der Waals surface area contributed by atoms with Crippen LogP contribution in [-0.4, -0.2) is 39.9 Å². The molecule has 6 nitrogen and oxygen atoms in total. The number of rotatable bonds is 5. The van der Waals surface area contributed by atoms with Gasteiger partial charge in [0.15, 0.2) is 0 Å². The molecule has 0 aliphatic carbocycles. The van der Waals surface area contributed by atoms with Crippen LogP contribution in [0, 0.1) is 27.7 Å². The number of para-hydroxylation sites is 1. The summed E-state index contributed by atoms with van der Waals surface area (Å²) in [5, 5.41) is 2.93. The molecule has 0 spiro atoms. The fourth-order valence-corrected chi connectivity index (χ4v) is 3.55. The average molecular weight is 390 g/mol. The molecule has 0 saturated carbocycles. The van der Waals surface area contributed by atoms with Crippen molar-refractivity contribution in [1.82, 2.24) is 14.5 Å². The predicted molar refractivity (Wildman–Crippen MR) is 115 cm³/mol. The third-order valence-corrected chi connectivity index (χ3v) is 5.04. The molecule has 0 radical (unpaired) electrons. The van der Waals surface area contributed by atoms with Crippen molar-refractivity contribution in [3.05, 3.63) is 76.9 Å². The van der Waals surface area contributed by atoms with Crippen molar-refractivity contribution >= 4 is 17.5 Å². The molecule has 0 unspecified atom stereocenters. The van der Waals surface area contributed by atoms with Gasteiger partial charge in [-0.2, -0.15) is 0 Å². The quantitative estimate of drug-likeness (QED) is 0.720. The van der Waals surface area contributed by atoms with Crippen LogP contribution in [-0.2, 0) is 4.79 Å². The van der Waals surface area contributed by atoms with Gasteiger partial charge in [-0.1, -0.05) is 18.2 Å². The Balaban J connectivity index is 1.76. The van der Waals surface area contributed by atoms with Gasteiger partial charge in [-0.25, -0.2) is 0 Å². The highest BCUT2D eigenvalue weighted by molar-refractivity contribution is 6.00. The summed E-state index contributed by atoms with van der Waals surface area (Å²) in [5.41, 5.74) is 6.02. The normalized spacial score (nSPS) is 10.7. The van der Waals surface area contributed by atoms with E-state index in [1.54, 1.807) is 19.4 Å². The molecule has 3 rings (SSSR count). The summed E-state index contributed by atoms with van der Waals surface area (Å²) in [6, 6.07) is 11.5. The van der Waals surface area contributed by atoms with Crippen LogP contribution in [0.5, 0.6) is 0 Å². The Hall–Kier alpha value is -3.41. The third kappa shape index (κ3) is 4.21. The zero-order valence-electron chi connectivity index (χ0n) is 17.5. The van der Waals surface area contributed by atoms with Crippen molar-refractivity contribution in [2.45, 2.75) is 27.7 Å². The lowest BCUT2D eigenvalue weighted by atomic mass is 10.1. The fraction of sp³-hybridized carbons (Fsp3) is 0.261. The van der Waals surface area contributed by atoms with Crippen LogP contribution in [0.25, 0.3) is 5.69 Å². The number of benzene rings is 1. The zero-order valence-corrected chi connectivity index (χ0v) is 17.5. The standard InChI is InChI=1S/C23H26N4O2/c1-15-8-6-9-16(2)22(15)25-21(28)14-26(5)23(29)20-12-17(3)27(18(20)4)19-10-7-11-24-13-19/h6-13H,14H2,1-5H3,(H,25,28). The summed E-state index contributed by atoms with van der Waals surface area (Å²) < 4.78 is 1.99. The first-order valence-corrected chi connectivity index (χ1v) is 9.50. The molecule has 2 aromatic heterocycles. The Morgan fingerprint density at radius 1 is 1.07 bits per heavy atom. The molecule has 0 fully saturated rings. The number of nitrogens with zero attached hydrogens (tertiary/aromatic N) is 3. The second-order valence-corrected chi connectivity index (χ2v) is 7.31. The van der Waals surface area contributed by atoms with Crippen molar-refractivity contribution in [3.63, 3.8) is 0 Å². The fourth-order valence-electron chi connectivity index (χ4n) is 3.55. The van der Waals surface area contributed by atoms with Gasteiger partial charge in [0.25, 0.3) is 5.91 Å². The predicted octanol–water partition coefficient (Wildman–Crippen LogP) is 3.82. The van der Waals surface area contributed by atoms with E-state index in [9.17, 15) is 9.59 Å². The highest BCUT2D eigenvalue weighted by atomic mass is 16.2. The van der Waals surface area contributed by atoms with Crippen molar-refractivity contribution in [2.75, 3.05) is 18.9 Å².